The molecule has 2 aromatic carbocycles. The van der Waals surface area contributed by atoms with E-state index in [9.17, 15) is 9.59 Å². The molecular formula is C26H28N4O4. The molecule has 2 aromatic heterocycles. The van der Waals surface area contributed by atoms with Crippen molar-refractivity contribution in [3.63, 3.8) is 0 Å². The van der Waals surface area contributed by atoms with Crippen molar-refractivity contribution in [3.8, 4) is 11.5 Å². The molecule has 0 aliphatic carbocycles. The summed E-state index contributed by atoms with van der Waals surface area (Å²) in [6.07, 6.45) is 7.75. The lowest BCUT2D eigenvalue weighted by atomic mass is 10.1. The van der Waals surface area contributed by atoms with Crippen molar-refractivity contribution in [2.45, 2.75) is 12.8 Å². The highest BCUT2D eigenvalue weighted by Gasteiger charge is 2.10. The molecule has 34 heavy (non-hydrogen) atoms. The van der Waals surface area contributed by atoms with Crippen molar-refractivity contribution in [2.24, 2.45) is 0 Å². The quantitative estimate of drug-likeness (QED) is 0.164. The van der Waals surface area contributed by atoms with Crippen molar-refractivity contribution in [1.82, 2.24) is 20.6 Å². The number of likely N-dealkylation sites (N-methyl/N-ethyl adjacent to an activating group) is 2. The Balaban J connectivity index is 1.38. The highest BCUT2D eigenvalue weighted by Crippen LogP contribution is 2.25. The molecule has 0 aliphatic rings. The van der Waals surface area contributed by atoms with Crippen molar-refractivity contribution in [2.75, 3.05) is 27.2 Å². The molecule has 0 saturated carbocycles. The summed E-state index contributed by atoms with van der Waals surface area (Å²) in [5, 5.41) is 8.24. The lowest BCUT2D eigenvalue weighted by Gasteiger charge is -2.04. The van der Waals surface area contributed by atoms with Crippen LogP contribution in [-0.2, 0) is 22.4 Å². The Morgan fingerprint density at radius 3 is 1.62 bits per heavy atom. The van der Waals surface area contributed by atoms with Crippen LogP contribution in [0, 0.1) is 0 Å². The molecule has 0 aliphatic heterocycles. The van der Waals surface area contributed by atoms with Crippen LogP contribution in [0.15, 0.2) is 60.9 Å². The lowest BCUT2D eigenvalue weighted by molar-refractivity contribution is -0.131. The van der Waals surface area contributed by atoms with Crippen LogP contribution >= 0.6 is 0 Å². The summed E-state index contributed by atoms with van der Waals surface area (Å²) in [6.45, 7) is 1.69. The van der Waals surface area contributed by atoms with Crippen LogP contribution in [-0.4, -0.2) is 49.1 Å². The van der Waals surface area contributed by atoms with Crippen molar-refractivity contribution in [3.05, 3.63) is 72.1 Å². The molecule has 0 saturated heterocycles. The van der Waals surface area contributed by atoms with Gasteiger partial charge in [-0.3, -0.25) is 0 Å². The van der Waals surface area contributed by atoms with Crippen LogP contribution < -0.4 is 20.1 Å². The molecule has 0 unspecified atom stereocenters. The third-order valence-corrected chi connectivity index (χ3v) is 5.56. The van der Waals surface area contributed by atoms with Gasteiger partial charge < -0.3 is 30.1 Å². The van der Waals surface area contributed by atoms with Gasteiger partial charge in [-0.15, -0.1) is 0 Å². The van der Waals surface area contributed by atoms with Gasteiger partial charge in [0, 0.05) is 46.4 Å². The summed E-state index contributed by atoms with van der Waals surface area (Å²) in [5.41, 5.74) is 4.21. The van der Waals surface area contributed by atoms with E-state index in [1.54, 1.807) is 12.1 Å². The summed E-state index contributed by atoms with van der Waals surface area (Å²) in [6, 6.07) is 10.8. The third-order valence-electron chi connectivity index (χ3n) is 5.56. The van der Waals surface area contributed by atoms with E-state index in [4.69, 9.17) is 9.47 Å². The van der Waals surface area contributed by atoms with Crippen LogP contribution in [0.4, 0.5) is 0 Å². The number of nitrogens with one attached hydrogen (secondary N) is 4. The first-order valence-corrected chi connectivity index (χ1v) is 11.2. The van der Waals surface area contributed by atoms with Crippen molar-refractivity contribution < 1.29 is 19.1 Å². The first-order valence-electron chi connectivity index (χ1n) is 11.2. The zero-order chi connectivity index (χ0) is 23.9. The highest BCUT2D eigenvalue weighted by atomic mass is 16.5. The Labute approximate surface area is 197 Å². The van der Waals surface area contributed by atoms with Gasteiger partial charge in [0.25, 0.3) is 0 Å². The standard InChI is InChI=1S/C26H28N4O4/c1-27-11-9-17-15-29-23-5-3-19(13-21(17)23)33-25(31)7-8-26(32)34-20-4-6-24-22(14-20)18(16-30-24)10-12-28-2/h3-8,13-16,27-30H,9-12H2,1-2H3/b8-7-. The monoisotopic (exact) mass is 460 g/mol. The Kier molecular flexibility index (Phi) is 7.41. The van der Waals surface area contributed by atoms with Gasteiger partial charge in [0.15, 0.2) is 0 Å². The van der Waals surface area contributed by atoms with Gasteiger partial charge in [0.1, 0.15) is 11.5 Å². The number of aromatic amines is 2. The molecule has 176 valence electrons. The molecule has 0 fully saturated rings. The Morgan fingerprint density at radius 2 is 1.21 bits per heavy atom. The van der Waals surface area contributed by atoms with Gasteiger partial charge in [-0.05, 0) is 87.6 Å². The fourth-order valence-electron chi connectivity index (χ4n) is 3.81. The van der Waals surface area contributed by atoms with Gasteiger partial charge in [-0.1, -0.05) is 0 Å². The average Bonchev–Trinajstić information content (AvgIpc) is 3.43. The zero-order valence-electron chi connectivity index (χ0n) is 19.2. The number of carbonyl (C=O) groups is 2. The molecule has 2 heterocycles. The second kappa shape index (κ2) is 10.8. The van der Waals surface area contributed by atoms with Crippen LogP contribution in [0.25, 0.3) is 21.8 Å². The molecule has 8 nitrogen and oxygen atoms in total. The Morgan fingerprint density at radius 1 is 0.765 bits per heavy atom. The normalized spacial score (nSPS) is 11.5. The molecular weight excluding hydrogens is 432 g/mol. The predicted molar refractivity (Wildman–Crippen MR) is 132 cm³/mol. The maximum atomic E-state index is 12.2. The average molecular weight is 461 g/mol. The Bertz CT molecular complexity index is 1230. The minimum atomic E-state index is -0.654. The predicted octanol–water partition coefficient (Wildman–Crippen LogP) is 3.24. The van der Waals surface area contributed by atoms with Crippen LogP contribution in [0.3, 0.4) is 0 Å². The van der Waals surface area contributed by atoms with E-state index in [1.807, 2.05) is 50.8 Å². The number of rotatable bonds is 10. The minimum absolute atomic E-state index is 0.410. The SMILES string of the molecule is CNCCc1c[nH]c2ccc(OC(=O)/C=C\C(=O)Oc3ccc4[nH]cc(CCNC)c4c3)cc12. The van der Waals surface area contributed by atoms with E-state index in [-0.39, 0.29) is 0 Å². The van der Waals surface area contributed by atoms with Gasteiger partial charge >= 0.3 is 11.9 Å². The fourth-order valence-corrected chi connectivity index (χ4v) is 3.81. The zero-order valence-corrected chi connectivity index (χ0v) is 19.2. The smallest absolute Gasteiger partial charge is 0.336 e. The number of esters is 2. The van der Waals surface area contributed by atoms with Crippen LogP contribution in [0.2, 0.25) is 0 Å². The molecule has 8 heteroatoms. The molecule has 0 amide bonds. The molecule has 0 radical (unpaired) electrons. The topological polar surface area (TPSA) is 108 Å². The maximum absolute atomic E-state index is 12.2. The summed E-state index contributed by atoms with van der Waals surface area (Å²) in [4.78, 5) is 30.9. The van der Waals surface area contributed by atoms with E-state index < -0.39 is 11.9 Å². The molecule has 4 aromatic rings. The molecule has 4 N–H and O–H groups in total. The number of hydrogen-bond donors (Lipinski definition) is 4. The summed E-state index contributed by atoms with van der Waals surface area (Å²) in [7, 11) is 3.81. The van der Waals surface area contributed by atoms with Gasteiger partial charge in [0.05, 0.1) is 0 Å². The number of carbonyl (C=O) groups excluding carboxylic acids is 2. The van der Waals surface area contributed by atoms with Crippen LogP contribution in [0.1, 0.15) is 11.1 Å². The summed E-state index contributed by atoms with van der Waals surface area (Å²) in [5.74, 6) is -0.487. The first-order chi connectivity index (χ1) is 16.6. The van der Waals surface area contributed by atoms with Gasteiger partial charge in [0.2, 0.25) is 0 Å². The summed E-state index contributed by atoms with van der Waals surface area (Å²) >= 11 is 0. The van der Waals surface area contributed by atoms with E-state index in [2.05, 4.69) is 20.6 Å². The fraction of sp³-hybridized carbons (Fsp3) is 0.231. The van der Waals surface area contributed by atoms with E-state index >= 15 is 0 Å². The molecule has 4 rings (SSSR count). The van der Waals surface area contributed by atoms with Crippen LogP contribution in [0.5, 0.6) is 11.5 Å². The number of aromatic nitrogens is 2. The lowest BCUT2D eigenvalue weighted by Crippen LogP contribution is -2.10. The largest absolute Gasteiger partial charge is 0.423 e. The molecule has 0 atom stereocenters. The number of fused-ring (bicyclic) bond motifs is 2. The van der Waals surface area contributed by atoms with Gasteiger partial charge in [-0.2, -0.15) is 0 Å². The molecule has 0 spiro atoms. The van der Waals surface area contributed by atoms with Gasteiger partial charge in [-0.25, -0.2) is 9.59 Å². The number of H-pyrrole nitrogens is 2. The van der Waals surface area contributed by atoms with Crippen molar-refractivity contribution >= 4 is 33.7 Å². The first kappa shape index (κ1) is 23.3. The summed E-state index contributed by atoms with van der Waals surface area (Å²) < 4.78 is 10.8. The molecule has 0 bridgehead atoms. The van der Waals surface area contributed by atoms with Crippen molar-refractivity contribution in [1.29, 1.82) is 0 Å². The highest BCUT2D eigenvalue weighted by molar-refractivity contribution is 5.94. The van der Waals surface area contributed by atoms with E-state index in [0.29, 0.717) is 11.5 Å². The number of ether oxygens (including phenoxy) is 2. The number of benzene rings is 2. The maximum Gasteiger partial charge on any atom is 0.336 e. The minimum Gasteiger partial charge on any atom is -0.423 e. The Hall–Kier alpha value is -3.88. The number of hydrogen-bond acceptors (Lipinski definition) is 6. The second-order valence-corrected chi connectivity index (χ2v) is 7.93. The third kappa shape index (κ3) is 5.54. The van der Waals surface area contributed by atoms with E-state index in [0.717, 1.165) is 71.0 Å². The second-order valence-electron chi connectivity index (χ2n) is 7.93. The van der Waals surface area contributed by atoms with E-state index in [1.165, 1.54) is 0 Å².